The molecule has 0 unspecified atom stereocenters. The van der Waals surface area contributed by atoms with Crippen LogP contribution in [0.1, 0.15) is 19.7 Å². The first-order valence-corrected chi connectivity index (χ1v) is 6.42. The molecule has 0 aliphatic carbocycles. The number of nitrogens with zero attached hydrogens (tertiary/aromatic N) is 1. The highest BCUT2D eigenvalue weighted by molar-refractivity contribution is 5.76. The van der Waals surface area contributed by atoms with Crippen molar-refractivity contribution in [3.05, 3.63) is 24.0 Å². The molecule has 1 aromatic carbocycles. The van der Waals surface area contributed by atoms with Gasteiger partial charge in [-0.15, -0.1) is 0 Å². The van der Waals surface area contributed by atoms with Crippen molar-refractivity contribution in [2.75, 3.05) is 20.2 Å². The number of methoxy groups -OCH3 is 1. The van der Waals surface area contributed by atoms with Crippen LogP contribution < -0.4 is 10.1 Å². The maximum absolute atomic E-state index is 5.20. The van der Waals surface area contributed by atoms with E-state index in [1.54, 1.807) is 7.11 Å². The zero-order chi connectivity index (χ0) is 13.0. The lowest BCUT2D eigenvalue weighted by atomic mass is 10.2. The predicted molar refractivity (Wildman–Crippen MR) is 74.1 cm³/mol. The summed E-state index contributed by atoms with van der Waals surface area (Å²) < 4.78 is 5.20. The maximum Gasteiger partial charge on any atom is 0.121 e. The minimum atomic E-state index is 0.685. The number of nitrogens with one attached hydrogen (secondary N) is 2. The molecule has 0 bridgehead atoms. The zero-order valence-electron chi connectivity index (χ0n) is 11.3. The molecule has 0 amide bonds. The molecule has 0 saturated carbocycles. The van der Waals surface area contributed by atoms with E-state index in [1.165, 1.54) is 0 Å². The van der Waals surface area contributed by atoms with Crippen LogP contribution in [0.2, 0.25) is 0 Å². The van der Waals surface area contributed by atoms with Gasteiger partial charge in [0, 0.05) is 19.0 Å². The Bertz CT molecular complexity index is 505. The number of aromatic nitrogens is 2. The van der Waals surface area contributed by atoms with Gasteiger partial charge in [-0.3, -0.25) is 0 Å². The van der Waals surface area contributed by atoms with Crippen molar-refractivity contribution >= 4 is 11.0 Å². The second-order valence-corrected chi connectivity index (χ2v) is 4.91. The molecule has 2 rings (SSSR count). The van der Waals surface area contributed by atoms with E-state index in [0.717, 1.165) is 42.1 Å². The third-order valence-electron chi connectivity index (χ3n) is 2.83. The molecule has 98 valence electrons. The van der Waals surface area contributed by atoms with Gasteiger partial charge >= 0.3 is 0 Å². The van der Waals surface area contributed by atoms with Crippen molar-refractivity contribution in [1.29, 1.82) is 0 Å². The number of H-pyrrole nitrogens is 1. The van der Waals surface area contributed by atoms with Gasteiger partial charge in [0.15, 0.2) is 0 Å². The Hall–Kier alpha value is -1.55. The summed E-state index contributed by atoms with van der Waals surface area (Å²) in [4.78, 5) is 7.88. The fourth-order valence-corrected chi connectivity index (χ4v) is 1.88. The lowest BCUT2D eigenvalue weighted by Crippen LogP contribution is -2.22. The third-order valence-corrected chi connectivity index (χ3v) is 2.83. The predicted octanol–water partition coefficient (Wildman–Crippen LogP) is 2.36. The van der Waals surface area contributed by atoms with E-state index in [4.69, 9.17) is 4.74 Å². The Kier molecular flexibility index (Phi) is 4.20. The van der Waals surface area contributed by atoms with E-state index in [0.29, 0.717) is 5.92 Å². The molecule has 0 spiro atoms. The summed E-state index contributed by atoms with van der Waals surface area (Å²) >= 11 is 0. The summed E-state index contributed by atoms with van der Waals surface area (Å²) in [5.74, 6) is 2.56. The zero-order valence-corrected chi connectivity index (χ0v) is 11.3. The largest absolute Gasteiger partial charge is 0.497 e. The number of rotatable bonds is 6. The van der Waals surface area contributed by atoms with Crippen LogP contribution in [0.15, 0.2) is 18.2 Å². The van der Waals surface area contributed by atoms with Gasteiger partial charge in [-0.1, -0.05) is 13.8 Å². The molecule has 2 aromatic rings. The van der Waals surface area contributed by atoms with Gasteiger partial charge in [0.05, 0.1) is 18.1 Å². The van der Waals surface area contributed by atoms with Crippen LogP contribution in [0.3, 0.4) is 0 Å². The van der Waals surface area contributed by atoms with Crippen LogP contribution in [0.5, 0.6) is 5.75 Å². The van der Waals surface area contributed by atoms with Crippen LogP contribution in [-0.4, -0.2) is 30.2 Å². The van der Waals surface area contributed by atoms with Crippen LogP contribution in [-0.2, 0) is 6.42 Å². The summed E-state index contributed by atoms with van der Waals surface area (Å²) in [6.07, 6.45) is 0.920. The quantitative estimate of drug-likeness (QED) is 0.770. The molecular weight excluding hydrogens is 226 g/mol. The molecule has 0 saturated heterocycles. The second kappa shape index (κ2) is 5.87. The molecule has 0 radical (unpaired) electrons. The molecule has 2 N–H and O–H groups in total. The Morgan fingerprint density at radius 2 is 2.22 bits per heavy atom. The maximum atomic E-state index is 5.20. The molecule has 0 atom stereocenters. The topological polar surface area (TPSA) is 49.9 Å². The average molecular weight is 247 g/mol. The van der Waals surface area contributed by atoms with Crippen molar-refractivity contribution in [3.63, 3.8) is 0 Å². The first-order valence-electron chi connectivity index (χ1n) is 6.42. The fraction of sp³-hybridized carbons (Fsp3) is 0.500. The highest BCUT2D eigenvalue weighted by atomic mass is 16.5. The van der Waals surface area contributed by atoms with E-state index in [2.05, 4.69) is 29.1 Å². The number of hydrogen-bond donors (Lipinski definition) is 2. The van der Waals surface area contributed by atoms with Crippen LogP contribution in [0.4, 0.5) is 0 Å². The molecule has 0 fully saturated rings. The molecule has 4 nitrogen and oxygen atoms in total. The van der Waals surface area contributed by atoms with Crippen LogP contribution >= 0.6 is 0 Å². The smallest absolute Gasteiger partial charge is 0.121 e. The summed E-state index contributed by atoms with van der Waals surface area (Å²) in [5, 5.41) is 3.42. The van der Waals surface area contributed by atoms with E-state index in [-0.39, 0.29) is 0 Å². The first-order chi connectivity index (χ1) is 8.69. The van der Waals surface area contributed by atoms with Gasteiger partial charge in [0.25, 0.3) is 0 Å². The summed E-state index contributed by atoms with van der Waals surface area (Å²) in [7, 11) is 1.67. The minimum absolute atomic E-state index is 0.685. The number of imidazole rings is 1. The second-order valence-electron chi connectivity index (χ2n) is 4.91. The molecule has 1 aromatic heterocycles. The standard InChI is InChI=1S/C14H21N3O/c1-10(2)9-15-7-6-14-16-12-5-4-11(18-3)8-13(12)17-14/h4-5,8,10,15H,6-7,9H2,1-3H3,(H,16,17). The van der Waals surface area contributed by atoms with Crippen molar-refractivity contribution in [3.8, 4) is 5.75 Å². The van der Waals surface area contributed by atoms with Crippen molar-refractivity contribution in [2.24, 2.45) is 5.92 Å². The number of fused-ring (bicyclic) bond motifs is 1. The monoisotopic (exact) mass is 247 g/mol. The van der Waals surface area contributed by atoms with Gasteiger partial charge in [-0.2, -0.15) is 0 Å². The van der Waals surface area contributed by atoms with Crippen LogP contribution in [0.25, 0.3) is 11.0 Å². The third kappa shape index (κ3) is 3.23. The first kappa shape index (κ1) is 12.9. The average Bonchev–Trinajstić information content (AvgIpc) is 2.75. The Morgan fingerprint density at radius 3 is 2.94 bits per heavy atom. The summed E-state index contributed by atoms with van der Waals surface area (Å²) in [6.45, 7) is 6.42. The number of benzene rings is 1. The highest BCUT2D eigenvalue weighted by Crippen LogP contribution is 2.18. The summed E-state index contributed by atoms with van der Waals surface area (Å²) in [6, 6.07) is 5.90. The molecule has 1 heterocycles. The molecule has 0 aliphatic heterocycles. The Morgan fingerprint density at radius 1 is 1.39 bits per heavy atom. The highest BCUT2D eigenvalue weighted by Gasteiger charge is 2.03. The number of aromatic amines is 1. The normalized spacial score (nSPS) is 11.3. The minimum Gasteiger partial charge on any atom is -0.497 e. The molecule has 18 heavy (non-hydrogen) atoms. The number of ether oxygens (including phenoxy) is 1. The Balaban J connectivity index is 1.97. The lowest BCUT2D eigenvalue weighted by molar-refractivity contribution is 0.415. The Labute approximate surface area is 108 Å². The van der Waals surface area contributed by atoms with Crippen molar-refractivity contribution < 1.29 is 4.74 Å². The SMILES string of the molecule is COc1ccc2nc(CCNCC(C)C)[nH]c2c1. The van der Waals surface area contributed by atoms with Gasteiger partial charge < -0.3 is 15.0 Å². The van der Waals surface area contributed by atoms with E-state index < -0.39 is 0 Å². The van der Waals surface area contributed by atoms with Gasteiger partial charge in [-0.25, -0.2) is 4.98 Å². The molecule has 4 heteroatoms. The van der Waals surface area contributed by atoms with Gasteiger partial charge in [-0.05, 0) is 24.6 Å². The lowest BCUT2D eigenvalue weighted by Gasteiger charge is -2.05. The molecular formula is C14H21N3O. The summed E-state index contributed by atoms with van der Waals surface area (Å²) in [5.41, 5.74) is 2.03. The van der Waals surface area contributed by atoms with Gasteiger partial charge in [0.2, 0.25) is 0 Å². The number of hydrogen-bond acceptors (Lipinski definition) is 3. The van der Waals surface area contributed by atoms with Crippen molar-refractivity contribution in [2.45, 2.75) is 20.3 Å². The fourth-order valence-electron chi connectivity index (χ4n) is 1.88. The van der Waals surface area contributed by atoms with E-state index in [9.17, 15) is 0 Å². The van der Waals surface area contributed by atoms with E-state index in [1.807, 2.05) is 18.2 Å². The van der Waals surface area contributed by atoms with Crippen LogP contribution in [0, 0.1) is 5.92 Å². The molecule has 0 aliphatic rings. The van der Waals surface area contributed by atoms with E-state index >= 15 is 0 Å². The van der Waals surface area contributed by atoms with Gasteiger partial charge in [0.1, 0.15) is 11.6 Å². The van der Waals surface area contributed by atoms with Crippen molar-refractivity contribution in [1.82, 2.24) is 15.3 Å².